The molecule has 0 saturated carbocycles. The van der Waals surface area contributed by atoms with Crippen molar-refractivity contribution in [3.8, 4) is 0 Å². The first kappa shape index (κ1) is 21.0. The van der Waals surface area contributed by atoms with E-state index in [2.05, 4.69) is 15.5 Å². The molecule has 11 heteroatoms. The van der Waals surface area contributed by atoms with Gasteiger partial charge >= 0.3 is 6.18 Å². The first-order valence-electron chi connectivity index (χ1n) is 8.35. The molecule has 1 aromatic carbocycles. The van der Waals surface area contributed by atoms with Gasteiger partial charge in [0, 0.05) is 11.1 Å². The summed E-state index contributed by atoms with van der Waals surface area (Å²) in [5.41, 5.74) is 0.141. The second kappa shape index (κ2) is 8.34. The molecule has 3 rings (SSSR count). The maximum absolute atomic E-state index is 13.2. The molecule has 2 N–H and O–H groups in total. The molecule has 0 bridgehead atoms. The number of amides is 1. The van der Waals surface area contributed by atoms with Crippen molar-refractivity contribution < 1.29 is 32.0 Å². The van der Waals surface area contributed by atoms with Crippen molar-refractivity contribution in [1.29, 1.82) is 0 Å². The summed E-state index contributed by atoms with van der Waals surface area (Å²) in [7, 11) is 0. The molecule has 1 heterocycles. The quantitative estimate of drug-likeness (QED) is 0.702. The normalized spacial score (nSPS) is 17.7. The Balaban J connectivity index is 1.77. The maximum Gasteiger partial charge on any atom is 0.395 e. The highest BCUT2D eigenvalue weighted by Gasteiger charge is 2.38. The van der Waals surface area contributed by atoms with E-state index in [0.29, 0.717) is 0 Å². The monoisotopic (exact) mass is 431 g/mol. The largest absolute Gasteiger partial charge is 0.395 e. The first-order chi connectivity index (χ1) is 13.7. The number of aromatic nitrogens is 2. The molecular formula is C18H14ClF4N3O3. The van der Waals surface area contributed by atoms with Crippen LogP contribution in [-0.4, -0.2) is 33.9 Å². The summed E-state index contributed by atoms with van der Waals surface area (Å²) in [5, 5.41) is 15.3. The molecule has 1 unspecified atom stereocenters. The van der Waals surface area contributed by atoms with E-state index in [1.165, 1.54) is 18.2 Å². The van der Waals surface area contributed by atoms with Gasteiger partial charge in [-0.2, -0.15) is 18.2 Å². The third kappa shape index (κ3) is 4.83. The number of allylic oxidation sites excluding steroid dienone is 4. The minimum atomic E-state index is -4.40. The summed E-state index contributed by atoms with van der Waals surface area (Å²) in [6, 6.07) is 2.18. The van der Waals surface area contributed by atoms with Crippen LogP contribution in [-0.2, 0) is 0 Å². The van der Waals surface area contributed by atoms with Gasteiger partial charge in [0.15, 0.2) is 0 Å². The van der Waals surface area contributed by atoms with E-state index in [0.717, 1.165) is 18.2 Å². The number of rotatable bonds is 5. The van der Waals surface area contributed by atoms with Crippen LogP contribution in [0.1, 0.15) is 34.5 Å². The van der Waals surface area contributed by atoms with Crippen LogP contribution >= 0.6 is 11.6 Å². The maximum atomic E-state index is 13.2. The van der Waals surface area contributed by atoms with E-state index in [-0.39, 0.29) is 34.3 Å². The molecule has 0 radical (unpaired) electrons. The lowest BCUT2D eigenvalue weighted by Crippen LogP contribution is -2.31. The van der Waals surface area contributed by atoms with Crippen LogP contribution < -0.4 is 5.32 Å². The van der Waals surface area contributed by atoms with Crippen molar-refractivity contribution in [2.24, 2.45) is 5.92 Å². The van der Waals surface area contributed by atoms with Crippen molar-refractivity contribution in [2.75, 3.05) is 6.61 Å². The Morgan fingerprint density at radius 1 is 1.41 bits per heavy atom. The highest BCUT2D eigenvalue weighted by Crippen LogP contribution is 2.35. The van der Waals surface area contributed by atoms with Gasteiger partial charge in [-0.3, -0.25) is 4.79 Å². The Labute approximate surface area is 166 Å². The second-order valence-electron chi connectivity index (χ2n) is 6.20. The molecule has 0 saturated heterocycles. The van der Waals surface area contributed by atoms with Crippen molar-refractivity contribution in [3.05, 3.63) is 64.5 Å². The van der Waals surface area contributed by atoms with E-state index in [1.54, 1.807) is 0 Å². The molecule has 1 aliphatic carbocycles. The fourth-order valence-corrected chi connectivity index (χ4v) is 2.80. The van der Waals surface area contributed by atoms with E-state index < -0.39 is 36.5 Å². The molecule has 1 aromatic heterocycles. The number of carbonyl (C=O) groups is 1. The molecule has 2 aromatic rings. The Kier molecular flexibility index (Phi) is 6.04. The average molecular weight is 432 g/mol. The van der Waals surface area contributed by atoms with E-state index in [4.69, 9.17) is 16.1 Å². The number of nitrogens with zero attached hydrogens (tertiary/aromatic N) is 2. The predicted molar refractivity (Wildman–Crippen MR) is 94.3 cm³/mol. The van der Waals surface area contributed by atoms with Gasteiger partial charge in [0.25, 0.3) is 11.8 Å². The van der Waals surface area contributed by atoms with Crippen molar-refractivity contribution in [2.45, 2.75) is 18.6 Å². The van der Waals surface area contributed by atoms with Crippen LogP contribution in [0.25, 0.3) is 5.57 Å². The molecule has 1 aliphatic rings. The summed E-state index contributed by atoms with van der Waals surface area (Å²) >= 11 is 5.64. The van der Waals surface area contributed by atoms with Crippen LogP contribution in [0.2, 0.25) is 5.02 Å². The predicted octanol–water partition coefficient (Wildman–Crippen LogP) is 3.85. The molecule has 0 aliphatic heterocycles. The number of alkyl halides is 3. The summed E-state index contributed by atoms with van der Waals surface area (Å²) in [6.07, 6.45) is -0.813. The van der Waals surface area contributed by atoms with Gasteiger partial charge in [0.1, 0.15) is 11.9 Å². The third-order valence-electron chi connectivity index (χ3n) is 4.16. The first-order valence-corrected chi connectivity index (χ1v) is 8.72. The smallest absolute Gasteiger partial charge is 0.394 e. The van der Waals surface area contributed by atoms with Gasteiger partial charge < -0.3 is 14.9 Å². The van der Waals surface area contributed by atoms with Crippen LogP contribution in [0.3, 0.4) is 0 Å². The Morgan fingerprint density at radius 3 is 2.83 bits per heavy atom. The molecule has 2 atom stereocenters. The van der Waals surface area contributed by atoms with Crippen LogP contribution in [0.5, 0.6) is 0 Å². The van der Waals surface area contributed by atoms with Crippen LogP contribution in [0, 0.1) is 11.7 Å². The lowest BCUT2D eigenvalue weighted by Gasteiger charge is -2.18. The number of aliphatic hydroxyl groups is 1. The number of hydrogen-bond donors (Lipinski definition) is 2. The van der Waals surface area contributed by atoms with Crippen molar-refractivity contribution in [3.63, 3.8) is 0 Å². The number of carbonyl (C=O) groups excluding carboxylic acids is 1. The fourth-order valence-electron chi connectivity index (χ4n) is 2.62. The Hall–Kier alpha value is -2.72. The van der Waals surface area contributed by atoms with Gasteiger partial charge in [0.2, 0.25) is 5.82 Å². The molecule has 6 nitrogen and oxygen atoms in total. The Bertz CT molecular complexity index is 972. The number of halogens is 5. The standard InChI is InChI=1S/C18H14ClF4N3O3/c19-12-7-10(4-5-13(12)20)16(28)24-14(8-27)17-25-15(26-29-17)9-2-1-3-11(6-9)18(21,22)23/h1-2,4-7,11,14,27H,3,8H2,(H,24,28)/t11?,14-/m0/s1. The van der Waals surface area contributed by atoms with Crippen LogP contribution in [0.15, 0.2) is 41.0 Å². The van der Waals surface area contributed by atoms with Crippen LogP contribution in [0.4, 0.5) is 17.6 Å². The highest BCUT2D eigenvalue weighted by atomic mass is 35.5. The van der Waals surface area contributed by atoms with Gasteiger partial charge in [-0.25, -0.2) is 4.39 Å². The SMILES string of the molecule is O=C(N[C@@H](CO)c1nc(C2=CC(C(F)(F)F)CC=C2)no1)c1ccc(F)c(Cl)c1. The van der Waals surface area contributed by atoms with E-state index >= 15 is 0 Å². The van der Waals surface area contributed by atoms with Crippen molar-refractivity contribution >= 4 is 23.1 Å². The number of nitrogens with one attached hydrogen (secondary N) is 1. The topological polar surface area (TPSA) is 88.2 Å². The summed E-state index contributed by atoms with van der Waals surface area (Å²) < 4.78 is 57.0. The summed E-state index contributed by atoms with van der Waals surface area (Å²) in [6.45, 7) is -0.623. The van der Waals surface area contributed by atoms with E-state index in [1.807, 2.05) is 0 Å². The lowest BCUT2D eigenvalue weighted by molar-refractivity contribution is -0.160. The summed E-state index contributed by atoms with van der Waals surface area (Å²) in [5.74, 6) is -3.37. The fraction of sp³-hybridized carbons (Fsp3) is 0.278. The van der Waals surface area contributed by atoms with Crippen molar-refractivity contribution in [1.82, 2.24) is 15.5 Å². The van der Waals surface area contributed by atoms with E-state index in [9.17, 15) is 27.5 Å². The van der Waals surface area contributed by atoms with Gasteiger partial charge in [-0.15, -0.1) is 0 Å². The molecule has 1 amide bonds. The number of benzene rings is 1. The molecule has 0 fully saturated rings. The second-order valence-corrected chi connectivity index (χ2v) is 6.61. The zero-order valence-corrected chi connectivity index (χ0v) is 15.3. The molecule has 154 valence electrons. The van der Waals surface area contributed by atoms with Gasteiger partial charge in [-0.1, -0.05) is 35.0 Å². The van der Waals surface area contributed by atoms with Gasteiger partial charge in [-0.05, 0) is 24.6 Å². The minimum Gasteiger partial charge on any atom is -0.394 e. The van der Waals surface area contributed by atoms with Gasteiger partial charge in [0.05, 0.1) is 17.5 Å². The lowest BCUT2D eigenvalue weighted by atomic mass is 9.95. The average Bonchev–Trinajstić information content (AvgIpc) is 3.17. The number of hydrogen-bond acceptors (Lipinski definition) is 5. The third-order valence-corrected chi connectivity index (χ3v) is 4.45. The molecule has 29 heavy (non-hydrogen) atoms. The highest BCUT2D eigenvalue weighted by molar-refractivity contribution is 6.31. The summed E-state index contributed by atoms with van der Waals surface area (Å²) in [4.78, 5) is 16.2. The minimum absolute atomic E-state index is 0.0283. The zero-order valence-electron chi connectivity index (χ0n) is 14.6. The number of aliphatic hydroxyl groups excluding tert-OH is 1. The molecule has 0 spiro atoms. The Morgan fingerprint density at radius 2 is 2.17 bits per heavy atom. The molecular weight excluding hydrogens is 418 g/mol. The zero-order chi connectivity index (χ0) is 21.2.